The first-order valence-corrected chi connectivity index (χ1v) is 5.31. The largest absolute Gasteiger partial charge is 0.234 e. The van der Waals surface area contributed by atoms with Crippen molar-refractivity contribution in [3.05, 3.63) is 0 Å². The lowest BCUT2D eigenvalue weighted by Crippen LogP contribution is -2.18. The molecule has 0 radical (unpaired) electrons. The summed E-state index contributed by atoms with van der Waals surface area (Å²) in [4.78, 5) is 13.4. The Morgan fingerprint density at radius 2 is 2.14 bits per heavy atom. The van der Waals surface area contributed by atoms with Crippen molar-refractivity contribution in [2.75, 3.05) is 6.54 Å². The van der Waals surface area contributed by atoms with Crippen LogP contribution in [0, 0.1) is 23.2 Å². The molecule has 0 N–H and O–H groups in total. The van der Waals surface area contributed by atoms with E-state index in [1.807, 2.05) is 0 Å². The number of isocyanates is 1. The van der Waals surface area contributed by atoms with E-state index in [0.29, 0.717) is 12.5 Å². The lowest BCUT2D eigenvalue weighted by atomic mass is 9.78. The van der Waals surface area contributed by atoms with E-state index >= 15 is 0 Å². The predicted molar refractivity (Wildman–Crippen MR) is 53.3 cm³/mol. The van der Waals surface area contributed by atoms with Gasteiger partial charge in [-0.15, -0.1) is 0 Å². The highest BCUT2D eigenvalue weighted by atomic mass is 16.1. The highest BCUT2D eigenvalue weighted by Crippen LogP contribution is 2.32. The van der Waals surface area contributed by atoms with Crippen LogP contribution in [0.15, 0.2) is 4.99 Å². The molecule has 0 aromatic rings. The molecule has 2 atom stereocenters. The third-order valence-corrected chi connectivity index (χ3v) is 2.98. The number of rotatable bonds is 4. The van der Waals surface area contributed by atoms with Gasteiger partial charge in [-0.2, -0.15) is 5.26 Å². The van der Waals surface area contributed by atoms with Gasteiger partial charge in [0.15, 0.2) is 0 Å². The first-order valence-electron chi connectivity index (χ1n) is 5.31. The van der Waals surface area contributed by atoms with Gasteiger partial charge in [0.05, 0.1) is 12.6 Å². The van der Waals surface area contributed by atoms with E-state index < -0.39 is 0 Å². The van der Waals surface area contributed by atoms with Crippen LogP contribution in [-0.4, -0.2) is 12.6 Å². The summed E-state index contributed by atoms with van der Waals surface area (Å²) in [7, 11) is 0. The SMILES string of the molecule is N#CC1CCCCC1CCCN=C=O. The van der Waals surface area contributed by atoms with Gasteiger partial charge in [-0.1, -0.05) is 12.8 Å². The van der Waals surface area contributed by atoms with E-state index in [1.54, 1.807) is 6.08 Å². The number of aliphatic imine (C=N–C) groups is 1. The quantitative estimate of drug-likeness (QED) is 0.390. The van der Waals surface area contributed by atoms with Crippen LogP contribution < -0.4 is 0 Å². The van der Waals surface area contributed by atoms with Crippen molar-refractivity contribution in [2.45, 2.75) is 38.5 Å². The molecule has 3 nitrogen and oxygen atoms in total. The van der Waals surface area contributed by atoms with Gasteiger partial charge in [-0.05, 0) is 31.6 Å². The summed E-state index contributed by atoms with van der Waals surface area (Å²) in [5.74, 6) is 0.777. The van der Waals surface area contributed by atoms with E-state index in [2.05, 4.69) is 11.1 Å². The highest BCUT2D eigenvalue weighted by molar-refractivity contribution is 5.32. The van der Waals surface area contributed by atoms with Crippen molar-refractivity contribution in [3.8, 4) is 6.07 Å². The highest BCUT2D eigenvalue weighted by Gasteiger charge is 2.23. The van der Waals surface area contributed by atoms with Crippen molar-refractivity contribution >= 4 is 6.08 Å². The summed E-state index contributed by atoms with van der Waals surface area (Å²) in [5, 5.41) is 8.93. The molecular weight excluding hydrogens is 176 g/mol. The summed E-state index contributed by atoms with van der Waals surface area (Å²) in [6.45, 7) is 0.568. The van der Waals surface area contributed by atoms with E-state index in [9.17, 15) is 4.79 Å². The second kappa shape index (κ2) is 6.34. The number of nitrogens with zero attached hydrogens (tertiary/aromatic N) is 2. The van der Waals surface area contributed by atoms with Crippen molar-refractivity contribution in [2.24, 2.45) is 16.8 Å². The van der Waals surface area contributed by atoms with Crippen LogP contribution in [0.25, 0.3) is 0 Å². The average Bonchev–Trinajstić information content (AvgIpc) is 2.25. The third kappa shape index (κ3) is 3.32. The average molecular weight is 192 g/mol. The molecule has 1 aliphatic carbocycles. The maximum absolute atomic E-state index is 9.83. The minimum Gasteiger partial charge on any atom is -0.211 e. The van der Waals surface area contributed by atoms with Crippen LogP contribution >= 0.6 is 0 Å². The molecule has 0 bridgehead atoms. The Balaban J connectivity index is 2.27. The van der Waals surface area contributed by atoms with Crippen LogP contribution in [0.2, 0.25) is 0 Å². The van der Waals surface area contributed by atoms with Gasteiger partial charge >= 0.3 is 0 Å². The maximum atomic E-state index is 9.83. The molecule has 0 aromatic carbocycles. The minimum absolute atomic E-state index is 0.240. The van der Waals surface area contributed by atoms with E-state index in [0.717, 1.165) is 19.3 Å². The molecule has 76 valence electrons. The first-order chi connectivity index (χ1) is 6.88. The summed E-state index contributed by atoms with van der Waals surface area (Å²) >= 11 is 0. The van der Waals surface area contributed by atoms with Crippen LogP contribution in [0.4, 0.5) is 0 Å². The standard InChI is InChI=1S/C11H16N2O/c12-8-11-5-2-1-4-10(11)6-3-7-13-9-14/h10-11H,1-7H2. The van der Waals surface area contributed by atoms with Gasteiger partial charge in [0.2, 0.25) is 6.08 Å². The molecule has 0 heterocycles. The first kappa shape index (κ1) is 10.9. The Kier molecular flexibility index (Phi) is 4.96. The lowest BCUT2D eigenvalue weighted by molar-refractivity contribution is 0.271. The minimum atomic E-state index is 0.240. The zero-order chi connectivity index (χ0) is 10.2. The molecule has 0 aliphatic heterocycles. The van der Waals surface area contributed by atoms with E-state index in [4.69, 9.17) is 5.26 Å². The predicted octanol–water partition coefficient (Wildman–Crippen LogP) is 2.43. The van der Waals surface area contributed by atoms with Crippen LogP contribution in [-0.2, 0) is 4.79 Å². The Bertz CT molecular complexity index is 251. The zero-order valence-corrected chi connectivity index (χ0v) is 8.41. The summed E-state index contributed by atoms with van der Waals surface area (Å²) < 4.78 is 0. The molecule has 1 aliphatic rings. The van der Waals surface area contributed by atoms with Gasteiger partial charge in [0.25, 0.3) is 0 Å². The van der Waals surface area contributed by atoms with Gasteiger partial charge < -0.3 is 0 Å². The topological polar surface area (TPSA) is 53.2 Å². The number of hydrogen-bond acceptors (Lipinski definition) is 3. The molecule has 14 heavy (non-hydrogen) atoms. The molecule has 0 aromatic heterocycles. The summed E-state index contributed by atoms with van der Waals surface area (Å²) in [6.07, 6.45) is 8.16. The molecule has 1 saturated carbocycles. The molecule has 3 heteroatoms. The van der Waals surface area contributed by atoms with Gasteiger partial charge in [-0.25, -0.2) is 9.79 Å². The molecule has 0 amide bonds. The van der Waals surface area contributed by atoms with Crippen LogP contribution in [0.5, 0.6) is 0 Å². The van der Waals surface area contributed by atoms with E-state index in [1.165, 1.54) is 19.3 Å². The van der Waals surface area contributed by atoms with Crippen molar-refractivity contribution in [1.82, 2.24) is 0 Å². The summed E-state index contributed by atoms with van der Waals surface area (Å²) in [6, 6.07) is 2.39. The van der Waals surface area contributed by atoms with Crippen LogP contribution in [0.3, 0.4) is 0 Å². The fourth-order valence-electron chi connectivity index (χ4n) is 2.20. The van der Waals surface area contributed by atoms with E-state index in [-0.39, 0.29) is 5.92 Å². The number of carbonyl (C=O) groups excluding carboxylic acids is 1. The van der Waals surface area contributed by atoms with Gasteiger partial charge in [0.1, 0.15) is 0 Å². The molecule has 1 rings (SSSR count). The second-order valence-corrected chi connectivity index (χ2v) is 3.90. The number of hydrogen-bond donors (Lipinski definition) is 0. The lowest BCUT2D eigenvalue weighted by Gasteiger charge is -2.26. The molecular formula is C11H16N2O. The smallest absolute Gasteiger partial charge is 0.211 e. The van der Waals surface area contributed by atoms with Crippen molar-refractivity contribution in [3.63, 3.8) is 0 Å². The Morgan fingerprint density at radius 1 is 1.36 bits per heavy atom. The van der Waals surface area contributed by atoms with Gasteiger partial charge in [-0.3, -0.25) is 0 Å². The fourth-order valence-corrected chi connectivity index (χ4v) is 2.20. The Hall–Kier alpha value is -1.13. The Labute approximate surface area is 84.8 Å². The maximum Gasteiger partial charge on any atom is 0.234 e. The molecule has 2 unspecified atom stereocenters. The number of nitriles is 1. The van der Waals surface area contributed by atoms with Gasteiger partial charge in [0, 0.05) is 5.92 Å². The summed E-state index contributed by atoms with van der Waals surface area (Å²) in [5.41, 5.74) is 0. The normalized spacial score (nSPS) is 26.2. The molecule has 1 fully saturated rings. The second-order valence-electron chi connectivity index (χ2n) is 3.90. The fraction of sp³-hybridized carbons (Fsp3) is 0.818. The van der Waals surface area contributed by atoms with Crippen molar-refractivity contribution < 1.29 is 4.79 Å². The molecule has 0 spiro atoms. The van der Waals surface area contributed by atoms with Crippen molar-refractivity contribution in [1.29, 1.82) is 5.26 Å². The third-order valence-electron chi connectivity index (χ3n) is 2.98. The van der Waals surface area contributed by atoms with Crippen LogP contribution in [0.1, 0.15) is 38.5 Å². The monoisotopic (exact) mass is 192 g/mol. The molecule has 0 saturated heterocycles. The Morgan fingerprint density at radius 3 is 2.86 bits per heavy atom. The zero-order valence-electron chi connectivity index (χ0n) is 8.41.